The van der Waals surface area contributed by atoms with Crippen LogP contribution < -0.4 is 5.32 Å². The van der Waals surface area contributed by atoms with Gasteiger partial charge in [-0.05, 0) is 50.9 Å². The fraction of sp³-hybridized carbons (Fsp3) is 0.889. The van der Waals surface area contributed by atoms with Crippen LogP contribution in [0.15, 0.2) is 12.2 Å². The van der Waals surface area contributed by atoms with Crippen LogP contribution in [0.1, 0.15) is 51.4 Å². The summed E-state index contributed by atoms with van der Waals surface area (Å²) in [7, 11) is -2.85. The number of hydrogen-bond acceptors (Lipinski definition) is 4. The molecule has 3 unspecified atom stereocenters. The first-order valence-corrected chi connectivity index (χ1v) is 11.2. The average Bonchev–Trinajstić information content (AvgIpc) is 3.06. The van der Waals surface area contributed by atoms with E-state index < -0.39 is 9.84 Å². The minimum Gasteiger partial charge on any atom is -0.381 e. The molecule has 2 heterocycles. The minimum absolute atomic E-state index is 0.0969. The van der Waals surface area contributed by atoms with Crippen LogP contribution in [-0.2, 0) is 14.6 Å². The lowest BCUT2D eigenvalue weighted by Gasteiger charge is -2.38. The van der Waals surface area contributed by atoms with Crippen molar-refractivity contribution in [2.75, 3.05) is 19.5 Å². The average molecular weight is 342 g/mol. The molecule has 23 heavy (non-hydrogen) atoms. The van der Waals surface area contributed by atoms with Crippen molar-refractivity contribution < 1.29 is 13.2 Å². The topological polar surface area (TPSA) is 55.4 Å². The summed E-state index contributed by atoms with van der Waals surface area (Å²) in [5.41, 5.74) is 0. The fourth-order valence-corrected chi connectivity index (χ4v) is 5.57. The van der Waals surface area contributed by atoms with Crippen molar-refractivity contribution in [3.05, 3.63) is 12.2 Å². The molecule has 3 rings (SSSR count). The second kappa shape index (κ2) is 7.66. The zero-order valence-corrected chi connectivity index (χ0v) is 15.1. The highest BCUT2D eigenvalue weighted by atomic mass is 32.2. The van der Waals surface area contributed by atoms with Gasteiger partial charge in [0.1, 0.15) is 9.84 Å². The number of nitrogens with one attached hydrogen (secondary N) is 1. The van der Waals surface area contributed by atoms with Gasteiger partial charge in [0.25, 0.3) is 0 Å². The van der Waals surface area contributed by atoms with Crippen LogP contribution >= 0.6 is 0 Å². The molecule has 0 aromatic rings. The highest BCUT2D eigenvalue weighted by molar-refractivity contribution is 7.91. The van der Waals surface area contributed by atoms with Gasteiger partial charge in [-0.1, -0.05) is 18.6 Å². The maximum atomic E-state index is 11.7. The van der Waals surface area contributed by atoms with Crippen molar-refractivity contribution in [3.63, 3.8) is 0 Å². The predicted octanol–water partition coefficient (Wildman–Crippen LogP) is 2.69. The Morgan fingerprint density at radius 2 is 1.78 bits per heavy atom. The Balaban J connectivity index is 1.49. The van der Waals surface area contributed by atoms with Crippen LogP contribution in [-0.4, -0.2) is 45.2 Å². The second-order valence-electron chi connectivity index (χ2n) is 7.69. The quantitative estimate of drug-likeness (QED) is 0.799. The van der Waals surface area contributed by atoms with Crippen molar-refractivity contribution in [1.29, 1.82) is 0 Å². The summed E-state index contributed by atoms with van der Waals surface area (Å²) in [4.78, 5) is 0. The van der Waals surface area contributed by atoms with Crippen molar-refractivity contribution >= 4 is 9.84 Å². The Hall–Kier alpha value is -0.390. The van der Waals surface area contributed by atoms with Crippen molar-refractivity contribution in [1.82, 2.24) is 5.32 Å². The molecule has 2 saturated heterocycles. The van der Waals surface area contributed by atoms with Gasteiger partial charge in [0, 0.05) is 30.9 Å². The number of hydrogen-bond donors (Lipinski definition) is 1. The largest absolute Gasteiger partial charge is 0.381 e. The molecule has 1 aliphatic carbocycles. The molecule has 0 radical (unpaired) electrons. The van der Waals surface area contributed by atoms with Crippen molar-refractivity contribution in [3.8, 4) is 0 Å². The first-order chi connectivity index (χ1) is 11.0. The van der Waals surface area contributed by atoms with E-state index in [4.69, 9.17) is 4.74 Å². The monoisotopic (exact) mass is 341 g/mol. The summed E-state index contributed by atoms with van der Waals surface area (Å²) in [6.45, 7) is 1.78. The standard InChI is InChI=1S/C18H31NO3S/c1-23(20,21)17-9-6-15(7-10-17)18-4-2-3-16(19-18)8-5-14-11-12-22-13-14/h5,8,14-19H,2-4,6-7,9-13H2,1H3/b8-5-. The Morgan fingerprint density at radius 3 is 2.43 bits per heavy atom. The molecule has 1 saturated carbocycles. The van der Waals surface area contributed by atoms with E-state index in [9.17, 15) is 8.42 Å². The van der Waals surface area contributed by atoms with Gasteiger partial charge in [0.05, 0.1) is 11.9 Å². The van der Waals surface area contributed by atoms with Gasteiger partial charge in [-0.3, -0.25) is 0 Å². The third-order valence-corrected chi connectivity index (χ3v) is 7.61. The third-order valence-electron chi connectivity index (χ3n) is 5.93. The fourth-order valence-electron chi connectivity index (χ4n) is 4.44. The molecule has 3 atom stereocenters. The van der Waals surface area contributed by atoms with E-state index in [1.54, 1.807) is 0 Å². The third kappa shape index (κ3) is 4.80. The van der Waals surface area contributed by atoms with Crippen molar-refractivity contribution in [2.45, 2.75) is 68.7 Å². The van der Waals surface area contributed by atoms with Crippen LogP contribution in [0, 0.1) is 11.8 Å². The lowest BCUT2D eigenvalue weighted by Crippen LogP contribution is -2.47. The zero-order chi connectivity index (χ0) is 16.3. The Bertz CT molecular complexity index is 502. The normalized spacial score (nSPS) is 39.8. The highest BCUT2D eigenvalue weighted by Crippen LogP contribution is 2.33. The summed E-state index contributed by atoms with van der Waals surface area (Å²) in [5, 5.41) is 3.73. The minimum atomic E-state index is -2.85. The highest BCUT2D eigenvalue weighted by Gasteiger charge is 2.33. The summed E-state index contributed by atoms with van der Waals surface area (Å²) < 4.78 is 28.8. The number of ether oxygens (including phenoxy) is 1. The van der Waals surface area contributed by atoms with Gasteiger partial charge in [-0.2, -0.15) is 0 Å². The van der Waals surface area contributed by atoms with E-state index in [1.165, 1.54) is 25.5 Å². The summed E-state index contributed by atoms with van der Waals surface area (Å²) >= 11 is 0. The predicted molar refractivity (Wildman–Crippen MR) is 93.2 cm³/mol. The van der Waals surface area contributed by atoms with Gasteiger partial charge in [-0.15, -0.1) is 0 Å². The number of sulfone groups is 1. The molecule has 0 amide bonds. The van der Waals surface area contributed by atoms with E-state index >= 15 is 0 Å². The molecule has 5 heteroatoms. The second-order valence-corrected chi connectivity index (χ2v) is 10.0. The molecule has 132 valence electrons. The smallest absolute Gasteiger partial charge is 0.150 e. The van der Waals surface area contributed by atoms with Crippen LogP contribution in [0.5, 0.6) is 0 Å². The van der Waals surface area contributed by atoms with Gasteiger partial charge in [0.2, 0.25) is 0 Å². The zero-order valence-electron chi connectivity index (χ0n) is 14.2. The SMILES string of the molecule is CS(=O)(=O)C1CCC(C2CCCC(/C=C\C3CCOC3)N2)CC1. The Morgan fingerprint density at radius 1 is 1.00 bits per heavy atom. The van der Waals surface area contributed by atoms with E-state index in [0.717, 1.165) is 45.3 Å². The molecule has 0 spiro atoms. The molecular formula is C18H31NO3S. The number of piperidine rings is 1. The molecule has 0 aromatic carbocycles. The molecule has 3 aliphatic rings. The van der Waals surface area contributed by atoms with Gasteiger partial charge < -0.3 is 10.1 Å². The molecular weight excluding hydrogens is 310 g/mol. The summed E-state index contributed by atoms with van der Waals surface area (Å²) in [5.74, 6) is 1.25. The summed E-state index contributed by atoms with van der Waals surface area (Å²) in [6, 6.07) is 1.06. The summed E-state index contributed by atoms with van der Waals surface area (Å²) in [6.07, 6.45) is 14.8. The lowest BCUT2D eigenvalue weighted by atomic mass is 9.79. The van der Waals surface area contributed by atoms with Gasteiger partial charge >= 0.3 is 0 Å². The first kappa shape index (κ1) is 17.4. The van der Waals surface area contributed by atoms with E-state index in [0.29, 0.717) is 23.9 Å². The molecule has 3 fully saturated rings. The molecule has 0 bridgehead atoms. The maximum Gasteiger partial charge on any atom is 0.150 e. The Labute approximate surface area is 141 Å². The van der Waals surface area contributed by atoms with Crippen LogP contribution in [0.2, 0.25) is 0 Å². The van der Waals surface area contributed by atoms with E-state index in [-0.39, 0.29) is 5.25 Å². The number of rotatable bonds is 4. The molecule has 1 N–H and O–H groups in total. The lowest BCUT2D eigenvalue weighted by molar-refractivity contribution is 0.191. The Kier molecular flexibility index (Phi) is 5.81. The molecule has 0 aromatic heterocycles. The first-order valence-electron chi connectivity index (χ1n) is 9.23. The maximum absolute atomic E-state index is 11.7. The molecule has 2 aliphatic heterocycles. The van der Waals surface area contributed by atoms with E-state index in [2.05, 4.69) is 17.5 Å². The van der Waals surface area contributed by atoms with Gasteiger partial charge in [-0.25, -0.2) is 8.42 Å². The van der Waals surface area contributed by atoms with E-state index in [1.807, 2.05) is 0 Å². The van der Waals surface area contributed by atoms with Gasteiger partial charge in [0.15, 0.2) is 0 Å². The van der Waals surface area contributed by atoms with Crippen LogP contribution in [0.4, 0.5) is 0 Å². The van der Waals surface area contributed by atoms with Crippen molar-refractivity contribution in [2.24, 2.45) is 11.8 Å². The van der Waals surface area contributed by atoms with Crippen LogP contribution in [0.25, 0.3) is 0 Å². The molecule has 4 nitrogen and oxygen atoms in total. The van der Waals surface area contributed by atoms with Crippen LogP contribution in [0.3, 0.4) is 0 Å².